The van der Waals surface area contributed by atoms with Gasteiger partial charge in [-0.15, -0.1) is 0 Å². The number of aromatic nitrogens is 5. The lowest BCUT2D eigenvalue weighted by Crippen LogP contribution is -2.15. The molecule has 0 atom stereocenters. The van der Waals surface area contributed by atoms with E-state index in [0.29, 0.717) is 34.9 Å². The van der Waals surface area contributed by atoms with Gasteiger partial charge in [-0.25, -0.2) is 9.97 Å². The van der Waals surface area contributed by atoms with Crippen LogP contribution in [-0.2, 0) is 6.61 Å². The monoisotopic (exact) mass is 503 g/mol. The summed E-state index contributed by atoms with van der Waals surface area (Å²) in [5, 5.41) is 7.11. The maximum absolute atomic E-state index is 13.0. The van der Waals surface area contributed by atoms with E-state index in [1.807, 2.05) is 48.5 Å². The van der Waals surface area contributed by atoms with Crippen LogP contribution in [0.2, 0.25) is 0 Å². The van der Waals surface area contributed by atoms with E-state index in [1.54, 1.807) is 36.7 Å². The Kier molecular flexibility index (Phi) is 5.95. The smallest absolute Gasteiger partial charge is 0.276 e. The first-order valence-electron chi connectivity index (χ1n) is 11.8. The number of imidazole rings is 2. The minimum absolute atomic E-state index is 0.199. The van der Waals surface area contributed by atoms with Crippen molar-refractivity contribution in [3.8, 4) is 5.75 Å². The molecule has 4 N–H and O–H groups in total. The van der Waals surface area contributed by atoms with Crippen molar-refractivity contribution < 1.29 is 14.3 Å². The van der Waals surface area contributed by atoms with Crippen molar-refractivity contribution in [2.45, 2.75) is 6.61 Å². The number of carbonyl (C=O) groups excluding carboxylic acids is 2. The minimum atomic E-state index is -0.442. The second-order valence-corrected chi connectivity index (χ2v) is 8.49. The maximum Gasteiger partial charge on any atom is 0.276 e. The average molecular weight is 504 g/mol. The summed E-state index contributed by atoms with van der Waals surface area (Å²) in [5.74, 6) is 0.397. The molecule has 0 radical (unpaired) electrons. The zero-order valence-corrected chi connectivity index (χ0v) is 19.9. The Bertz CT molecular complexity index is 1760. The number of carbonyl (C=O) groups is 2. The second kappa shape index (κ2) is 9.86. The normalized spacial score (nSPS) is 10.9. The van der Waals surface area contributed by atoms with Crippen LogP contribution in [0.4, 0.5) is 11.9 Å². The van der Waals surface area contributed by atoms with Crippen molar-refractivity contribution in [3.05, 3.63) is 108 Å². The van der Waals surface area contributed by atoms with Gasteiger partial charge in [-0.05, 0) is 47.3 Å². The molecule has 0 aliphatic rings. The highest BCUT2D eigenvalue weighted by atomic mass is 16.5. The molecule has 2 amide bonds. The van der Waals surface area contributed by atoms with Crippen molar-refractivity contribution in [1.82, 2.24) is 24.9 Å². The molecule has 6 aromatic rings. The summed E-state index contributed by atoms with van der Waals surface area (Å²) in [4.78, 5) is 44.3. The van der Waals surface area contributed by atoms with Gasteiger partial charge in [0.15, 0.2) is 0 Å². The molecule has 3 aromatic carbocycles. The molecule has 38 heavy (non-hydrogen) atoms. The van der Waals surface area contributed by atoms with Gasteiger partial charge >= 0.3 is 0 Å². The number of H-pyrrole nitrogens is 2. The van der Waals surface area contributed by atoms with Crippen LogP contribution < -0.4 is 15.4 Å². The molecule has 0 saturated carbocycles. The highest BCUT2D eigenvalue weighted by molar-refractivity contribution is 6.11. The van der Waals surface area contributed by atoms with Gasteiger partial charge in [0.25, 0.3) is 11.8 Å². The number of hydrogen-bond donors (Lipinski definition) is 4. The number of fused-ring (bicyclic) bond motifs is 2. The van der Waals surface area contributed by atoms with Crippen LogP contribution in [0, 0.1) is 0 Å². The van der Waals surface area contributed by atoms with E-state index in [9.17, 15) is 9.59 Å². The van der Waals surface area contributed by atoms with Gasteiger partial charge in [-0.1, -0.05) is 36.4 Å². The summed E-state index contributed by atoms with van der Waals surface area (Å²) in [6.07, 6.45) is 4.79. The molecule has 186 valence electrons. The topological polar surface area (TPSA) is 138 Å². The quantitative estimate of drug-likeness (QED) is 0.244. The first-order chi connectivity index (χ1) is 18.6. The van der Waals surface area contributed by atoms with Gasteiger partial charge in [0.05, 0.1) is 11.1 Å². The Morgan fingerprint density at radius 3 is 2.55 bits per heavy atom. The number of amides is 2. The van der Waals surface area contributed by atoms with Crippen molar-refractivity contribution in [1.29, 1.82) is 0 Å². The van der Waals surface area contributed by atoms with Gasteiger partial charge in [0.2, 0.25) is 11.9 Å². The lowest BCUT2D eigenvalue weighted by molar-refractivity contribution is 0.101. The third-order valence-electron chi connectivity index (χ3n) is 5.89. The third kappa shape index (κ3) is 4.78. The first-order valence-corrected chi connectivity index (χ1v) is 11.8. The van der Waals surface area contributed by atoms with Gasteiger partial charge in [0, 0.05) is 24.0 Å². The van der Waals surface area contributed by atoms with Crippen molar-refractivity contribution in [2.24, 2.45) is 0 Å². The number of pyridine rings is 1. The Labute approximate surface area is 216 Å². The third-order valence-corrected chi connectivity index (χ3v) is 5.89. The molecule has 0 bridgehead atoms. The Morgan fingerprint density at radius 2 is 1.71 bits per heavy atom. The minimum Gasteiger partial charge on any atom is -0.489 e. The van der Waals surface area contributed by atoms with Crippen molar-refractivity contribution in [3.63, 3.8) is 0 Å². The zero-order valence-electron chi connectivity index (χ0n) is 19.9. The molecule has 0 spiro atoms. The summed E-state index contributed by atoms with van der Waals surface area (Å²) < 4.78 is 5.92. The Balaban J connectivity index is 1.20. The standard InChI is InChI=1S/C28H21N7O3/c36-25(34-27-29-11-12-30-27)21-7-4-8-22-24(21)33-28(32-22)35-26(37)23-14-19-13-20(10-9-18(19)15-31-23)38-16-17-5-2-1-3-6-17/h1-15H,16H2,(H2,29,30,34,36)(H2,32,33,35,37). The van der Waals surface area contributed by atoms with Gasteiger partial charge in [-0.2, -0.15) is 0 Å². The largest absolute Gasteiger partial charge is 0.489 e. The number of ether oxygens (including phenoxy) is 1. The molecule has 10 heteroatoms. The van der Waals surface area contributed by atoms with Crippen molar-refractivity contribution >= 4 is 45.5 Å². The van der Waals surface area contributed by atoms with Crippen LogP contribution in [0.5, 0.6) is 5.75 Å². The van der Waals surface area contributed by atoms with E-state index >= 15 is 0 Å². The predicted octanol–water partition coefficient (Wildman–Crippen LogP) is 4.92. The van der Waals surface area contributed by atoms with Gasteiger partial charge in [0.1, 0.15) is 23.6 Å². The molecule has 6 rings (SSSR count). The molecular formula is C28H21N7O3. The number of aromatic amines is 2. The van der Waals surface area contributed by atoms with Crippen LogP contribution in [0.15, 0.2) is 91.4 Å². The molecule has 0 saturated heterocycles. The highest BCUT2D eigenvalue weighted by Gasteiger charge is 2.17. The van der Waals surface area contributed by atoms with Gasteiger partial charge in [-0.3, -0.25) is 25.2 Å². The molecule has 3 aromatic heterocycles. The fraction of sp³-hybridized carbons (Fsp3) is 0.0357. The highest BCUT2D eigenvalue weighted by Crippen LogP contribution is 2.23. The van der Waals surface area contributed by atoms with Crippen LogP contribution in [0.3, 0.4) is 0 Å². The number of benzene rings is 3. The van der Waals surface area contributed by atoms with Gasteiger partial charge < -0.3 is 14.7 Å². The Morgan fingerprint density at radius 1 is 0.842 bits per heavy atom. The average Bonchev–Trinajstić information content (AvgIpc) is 3.61. The lowest BCUT2D eigenvalue weighted by Gasteiger charge is -2.08. The number of nitrogens with zero attached hydrogens (tertiary/aromatic N) is 3. The molecule has 0 aliphatic carbocycles. The second-order valence-electron chi connectivity index (χ2n) is 8.49. The maximum atomic E-state index is 13.0. The summed E-state index contributed by atoms with van der Waals surface area (Å²) in [7, 11) is 0. The van der Waals surface area contributed by atoms with E-state index in [4.69, 9.17) is 4.74 Å². The van der Waals surface area contributed by atoms with Crippen LogP contribution in [-0.4, -0.2) is 36.7 Å². The van der Waals surface area contributed by atoms with Crippen LogP contribution >= 0.6 is 0 Å². The number of nitrogens with one attached hydrogen (secondary N) is 4. The predicted molar refractivity (Wildman–Crippen MR) is 143 cm³/mol. The number of para-hydroxylation sites is 1. The van der Waals surface area contributed by atoms with E-state index in [1.165, 1.54) is 6.20 Å². The van der Waals surface area contributed by atoms with Crippen LogP contribution in [0.25, 0.3) is 21.8 Å². The van der Waals surface area contributed by atoms with E-state index in [0.717, 1.165) is 16.3 Å². The van der Waals surface area contributed by atoms with E-state index in [-0.39, 0.29) is 17.5 Å². The first kappa shape index (κ1) is 22.9. The van der Waals surface area contributed by atoms with Crippen molar-refractivity contribution in [2.75, 3.05) is 10.6 Å². The lowest BCUT2D eigenvalue weighted by atomic mass is 10.1. The molecule has 0 unspecified atom stereocenters. The molecule has 0 fully saturated rings. The zero-order chi connectivity index (χ0) is 25.9. The summed E-state index contributed by atoms with van der Waals surface area (Å²) >= 11 is 0. The number of anilines is 2. The summed E-state index contributed by atoms with van der Waals surface area (Å²) in [5.41, 5.74) is 2.63. The molecule has 3 heterocycles. The molecule has 0 aliphatic heterocycles. The molecular weight excluding hydrogens is 482 g/mol. The molecule has 10 nitrogen and oxygen atoms in total. The SMILES string of the molecule is O=C(Nc1nc2c(C(=O)Nc3ncc[nH]3)cccc2[nH]1)c1cc2cc(OCc3ccccc3)ccc2cn1. The number of rotatable bonds is 7. The summed E-state index contributed by atoms with van der Waals surface area (Å²) in [6.45, 7) is 0.443. The summed E-state index contributed by atoms with van der Waals surface area (Å²) in [6, 6.07) is 22.4. The van der Waals surface area contributed by atoms with E-state index in [2.05, 4.69) is 35.6 Å². The number of hydrogen-bond acceptors (Lipinski definition) is 6. The van der Waals surface area contributed by atoms with Crippen LogP contribution in [0.1, 0.15) is 26.4 Å². The fourth-order valence-corrected chi connectivity index (χ4v) is 4.03. The fourth-order valence-electron chi connectivity index (χ4n) is 4.03. The van der Waals surface area contributed by atoms with E-state index < -0.39 is 5.91 Å². The Hall–Kier alpha value is -5.51.